The third-order valence-corrected chi connectivity index (χ3v) is 6.59. The molecule has 168 valence electrons. The molecule has 1 aromatic heterocycles. The van der Waals surface area contributed by atoms with Crippen molar-refractivity contribution >= 4 is 46.6 Å². The van der Waals surface area contributed by atoms with E-state index in [1.54, 1.807) is 24.3 Å². The van der Waals surface area contributed by atoms with Gasteiger partial charge in [0, 0.05) is 22.6 Å². The molecule has 0 radical (unpaired) electrons. The molecular weight excluding hydrogens is 467 g/mol. The van der Waals surface area contributed by atoms with Crippen LogP contribution < -0.4 is 0 Å². The van der Waals surface area contributed by atoms with Gasteiger partial charge in [-0.3, -0.25) is 14.5 Å². The van der Waals surface area contributed by atoms with Gasteiger partial charge in [-0.1, -0.05) is 29.8 Å². The molecule has 0 aliphatic carbocycles. The Hall–Kier alpha value is -3.36. The quantitative estimate of drug-likeness (QED) is 0.461. The van der Waals surface area contributed by atoms with Gasteiger partial charge in [0.05, 0.1) is 22.0 Å². The molecule has 1 aliphatic heterocycles. The van der Waals surface area contributed by atoms with Crippen LogP contribution in [0.3, 0.4) is 0 Å². The number of aromatic carboxylic acids is 1. The SMILES string of the molecule is Cc1cc(/C=C2\SC(=O)N(Cc3ccccc3F)C2=O)c(C)n1-c1ccc(Cl)c(C(=O)O)c1. The fourth-order valence-corrected chi connectivity index (χ4v) is 4.75. The molecule has 1 fully saturated rings. The van der Waals surface area contributed by atoms with Gasteiger partial charge in [0.15, 0.2) is 0 Å². The van der Waals surface area contributed by atoms with Gasteiger partial charge in [-0.2, -0.15) is 0 Å². The number of nitrogens with zero attached hydrogens (tertiary/aromatic N) is 2. The van der Waals surface area contributed by atoms with Crippen molar-refractivity contribution in [3.63, 3.8) is 0 Å². The second-order valence-corrected chi connectivity index (χ2v) is 8.89. The lowest BCUT2D eigenvalue weighted by Gasteiger charge is -2.13. The van der Waals surface area contributed by atoms with Gasteiger partial charge in [0.2, 0.25) is 0 Å². The van der Waals surface area contributed by atoms with Crippen LogP contribution in [0.2, 0.25) is 5.02 Å². The molecule has 0 atom stereocenters. The molecular formula is C24H18ClFN2O4S. The Bertz CT molecular complexity index is 1350. The Balaban J connectivity index is 1.66. The Labute approximate surface area is 198 Å². The fraction of sp³-hybridized carbons (Fsp3) is 0.125. The van der Waals surface area contributed by atoms with Gasteiger partial charge in [-0.05, 0) is 67.6 Å². The maximum atomic E-state index is 14.0. The van der Waals surface area contributed by atoms with E-state index in [1.807, 2.05) is 24.5 Å². The van der Waals surface area contributed by atoms with E-state index < -0.39 is 22.9 Å². The monoisotopic (exact) mass is 484 g/mol. The van der Waals surface area contributed by atoms with Crippen LogP contribution in [0.5, 0.6) is 0 Å². The first-order valence-corrected chi connectivity index (χ1v) is 11.1. The number of carbonyl (C=O) groups excluding carboxylic acids is 2. The molecule has 2 aromatic carbocycles. The van der Waals surface area contributed by atoms with E-state index in [2.05, 4.69) is 0 Å². The van der Waals surface area contributed by atoms with Crippen LogP contribution in [-0.2, 0) is 11.3 Å². The highest BCUT2D eigenvalue weighted by atomic mass is 35.5. The number of imide groups is 1. The molecule has 2 amide bonds. The van der Waals surface area contributed by atoms with E-state index in [0.717, 1.165) is 28.0 Å². The lowest BCUT2D eigenvalue weighted by Crippen LogP contribution is -2.27. The van der Waals surface area contributed by atoms with Gasteiger partial charge in [0.25, 0.3) is 11.1 Å². The van der Waals surface area contributed by atoms with Crippen molar-refractivity contribution in [2.24, 2.45) is 0 Å². The number of aryl methyl sites for hydroxylation is 1. The Morgan fingerprint density at radius 2 is 1.88 bits per heavy atom. The first kappa shape index (κ1) is 22.8. The first-order chi connectivity index (χ1) is 15.7. The van der Waals surface area contributed by atoms with Crippen LogP contribution in [0.15, 0.2) is 53.4 Å². The number of carboxylic acid groups (broad SMARTS) is 1. The summed E-state index contributed by atoms with van der Waals surface area (Å²) < 4.78 is 15.8. The number of rotatable bonds is 5. The third kappa shape index (κ3) is 4.31. The number of carbonyl (C=O) groups is 3. The summed E-state index contributed by atoms with van der Waals surface area (Å²) in [7, 11) is 0. The number of halogens is 2. The molecule has 4 rings (SSSR count). The van der Waals surface area contributed by atoms with Gasteiger partial charge < -0.3 is 9.67 Å². The number of amides is 2. The summed E-state index contributed by atoms with van der Waals surface area (Å²) in [4.78, 5) is 38.0. The van der Waals surface area contributed by atoms with Crippen LogP contribution in [0.25, 0.3) is 11.8 Å². The molecule has 0 bridgehead atoms. The minimum absolute atomic E-state index is 0.0162. The normalized spacial score (nSPS) is 15.0. The fourth-order valence-electron chi connectivity index (χ4n) is 3.72. The van der Waals surface area contributed by atoms with Crippen LogP contribution >= 0.6 is 23.4 Å². The average Bonchev–Trinajstić information content (AvgIpc) is 3.19. The highest BCUT2D eigenvalue weighted by molar-refractivity contribution is 8.18. The van der Waals surface area contributed by atoms with Crippen LogP contribution in [-0.4, -0.2) is 31.7 Å². The minimum Gasteiger partial charge on any atom is -0.478 e. The molecule has 6 nitrogen and oxygen atoms in total. The lowest BCUT2D eigenvalue weighted by atomic mass is 10.2. The number of aromatic nitrogens is 1. The van der Waals surface area contributed by atoms with E-state index in [-0.39, 0.29) is 27.6 Å². The molecule has 3 aromatic rings. The van der Waals surface area contributed by atoms with Gasteiger partial charge >= 0.3 is 5.97 Å². The largest absolute Gasteiger partial charge is 0.478 e. The third-order valence-electron chi connectivity index (χ3n) is 5.36. The molecule has 9 heteroatoms. The van der Waals surface area contributed by atoms with Gasteiger partial charge in [-0.15, -0.1) is 0 Å². The summed E-state index contributed by atoms with van der Waals surface area (Å²) >= 11 is 6.79. The zero-order chi connectivity index (χ0) is 23.9. The Morgan fingerprint density at radius 1 is 1.15 bits per heavy atom. The standard InChI is InChI=1S/C24H18ClFN2O4S/c1-13-9-16(14(2)28(13)17-7-8-19(25)18(11-17)23(30)31)10-21-22(29)27(24(32)33-21)12-15-5-3-4-6-20(15)26/h3-11H,12H2,1-2H3,(H,30,31)/b21-10-. The molecule has 0 unspecified atom stereocenters. The second-order valence-electron chi connectivity index (χ2n) is 7.49. The highest BCUT2D eigenvalue weighted by Crippen LogP contribution is 2.35. The van der Waals surface area contributed by atoms with E-state index in [1.165, 1.54) is 24.3 Å². The van der Waals surface area contributed by atoms with Crippen LogP contribution in [0, 0.1) is 19.7 Å². The lowest BCUT2D eigenvalue weighted by molar-refractivity contribution is -0.123. The summed E-state index contributed by atoms with van der Waals surface area (Å²) in [6.07, 6.45) is 1.62. The first-order valence-electron chi connectivity index (χ1n) is 9.88. The number of hydrogen-bond donors (Lipinski definition) is 1. The predicted octanol–water partition coefficient (Wildman–Crippen LogP) is 5.82. The molecule has 1 saturated heterocycles. The van der Waals surface area contributed by atoms with Crippen molar-refractivity contribution in [2.75, 3.05) is 0 Å². The molecule has 0 saturated carbocycles. The number of hydrogen-bond acceptors (Lipinski definition) is 4. The molecule has 33 heavy (non-hydrogen) atoms. The summed E-state index contributed by atoms with van der Waals surface area (Å²) in [5.41, 5.74) is 3.12. The predicted molar refractivity (Wildman–Crippen MR) is 125 cm³/mol. The van der Waals surface area contributed by atoms with Gasteiger partial charge in [0.1, 0.15) is 5.82 Å². The average molecular weight is 485 g/mol. The van der Waals surface area contributed by atoms with Crippen molar-refractivity contribution in [3.8, 4) is 5.69 Å². The smallest absolute Gasteiger partial charge is 0.337 e. The number of carboxylic acids is 1. The molecule has 0 spiro atoms. The van der Waals surface area contributed by atoms with Gasteiger partial charge in [-0.25, -0.2) is 9.18 Å². The van der Waals surface area contributed by atoms with Crippen molar-refractivity contribution in [1.29, 1.82) is 0 Å². The Morgan fingerprint density at radius 3 is 2.58 bits per heavy atom. The van der Waals surface area contributed by atoms with E-state index in [4.69, 9.17) is 11.6 Å². The number of benzene rings is 2. The van der Waals surface area contributed by atoms with E-state index in [0.29, 0.717) is 11.3 Å². The zero-order valence-electron chi connectivity index (χ0n) is 17.6. The summed E-state index contributed by atoms with van der Waals surface area (Å²) in [6.45, 7) is 3.54. The van der Waals surface area contributed by atoms with E-state index in [9.17, 15) is 23.9 Å². The maximum Gasteiger partial charge on any atom is 0.337 e. The molecule has 2 heterocycles. The second kappa shape index (κ2) is 8.88. The number of thioether (sulfide) groups is 1. The van der Waals surface area contributed by atoms with Crippen LogP contribution in [0.4, 0.5) is 9.18 Å². The molecule has 1 N–H and O–H groups in total. The van der Waals surface area contributed by atoms with E-state index >= 15 is 0 Å². The van der Waals surface area contributed by atoms with Crippen LogP contribution in [0.1, 0.15) is 32.9 Å². The minimum atomic E-state index is -1.13. The molecule has 1 aliphatic rings. The van der Waals surface area contributed by atoms with Crippen molar-refractivity contribution in [2.45, 2.75) is 20.4 Å². The summed E-state index contributed by atoms with van der Waals surface area (Å²) in [5.74, 6) is -2.10. The van der Waals surface area contributed by atoms with Crippen molar-refractivity contribution in [3.05, 3.63) is 92.4 Å². The topological polar surface area (TPSA) is 79.6 Å². The Kier molecular flexibility index (Phi) is 6.14. The zero-order valence-corrected chi connectivity index (χ0v) is 19.2. The summed E-state index contributed by atoms with van der Waals surface area (Å²) in [6, 6.07) is 12.6. The van der Waals surface area contributed by atoms with Crippen molar-refractivity contribution < 1.29 is 23.9 Å². The summed E-state index contributed by atoms with van der Waals surface area (Å²) in [5, 5.41) is 9.04. The maximum absolute atomic E-state index is 14.0. The van der Waals surface area contributed by atoms with Crippen molar-refractivity contribution in [1.82, 2.24) is 9.47 Å². The highest BCUT2D eigenvalue weighted by Gasteiger charge is 2.35.